The summed E-state index contributed by atoms with van der Waals surface area (Å²) in [5.74, 6) is 2.96. The molecule has 0 aromatic heterocycles. The van der Waals surface area contributed by atoms with Gasteiger partial charge in [0.05, 0.1) is 0 Å². The van der Waals surface area contributed by atoms with E-state index in [1.54, 1.807) is 0 Å². The van der Waals surface area contributed by atoms with Gasteiger partial charge in [-0.2, -0.15) is 12.8 Å². The molecule has 1 fully saturated rings. The molecule has 75 valence electrons. The Morgan fingerprint density at radius 2 is 1.36 bits per heavy atom. The first-order valence-corrected chi connectivity index (χ1v) is 4.93. The molecule has 1 rings (SSSR count). The zero-order chi connectivity index (χ0) is 8.27. The van der Waals surface area contributed by atoms with E-state index in [1.165, 1.54) is 19.3 Å². The van der Waals surface area contributed by atoms with Crippen LogP contribution in [0.4, 0.5) is 0 Å². The summed E-state index contributed by atoms with van der Waals surface area (Å²) in [4.78, 5) is 0. The minimum absolute atomic E-state index is 0. The van der Waals surface area contributed by atoms with Gasteiger partial charge >= 0.3 is 0 Å². The Morgan fingerprint density at radius 1 is 0.857 bits per heavy atom. The summed E-state index contributed by atoms with van der Waals surface area (Å²) in [7, 11) is 0. The maximum Gasteiger partial charge on any atom is 0 e. The van der Waals surface area contributed by atoms with Crippen LogP contribution < -0.4 is 0 Å². The summed E-state index contributed by atoms with van der Waals surface area (Å²) < 4.78 is 0. The van der Waals surface area contributed by atoms with Crippen LogP contribution in [0.25, 0.3) is 0 Å². The molecule has 3 heteroatoms. The molecule has 1 aliphatic carbocycles. The van der Waals surface area contributed by atoms with E-state index >= 15 is 0 Å². The van der Waals surface area contributed by atoms with Crippen molar-refractivity contribution in [2.75, 3.05) is 0 Å². The number of hydrogen-bond donors (Lipinski definition) is 0. The monoisotopic (exact) mass is 419 g/mol. The summed E-state index contributed by atoms with van der Waals surface area (Å²) >= 11 is 0. The molecule has 0 aliphatic heterocycles. The maximum atomic E-state index is 3.99. The van der Waals surface area contributed by atoms with Crippen molar-refractivity contribution in [1.29, 1.82) is 0 Å². The van der Waals surface area contributed by atoms with Gasteiger partial charge in [0.15, 0.2) is 0 Å². The molecule has 14 heavy (non-hydrogen) atoms. The smallest absolute Gasteiger partial charge is 0 e. The van der Waals surface area contributed by atoms with E-state index in [9.17, 15) is 0 Å². The second kappa shape index (κ2) is 12.8. The molecular formula is C11H20Y3-2. The largest absolute Gasteiger partial charge is 0.343 e. The van der Waals surface area contributed by atoms with Gasteiger partial charge in [-0.3, -0.25) is 0 Å². The molecule has 0 saturated heterocycles. The Kier molecular flexibility index (Phi) is 20.5. The van der Waals surface area contributed by atoms with E-state index in [2.05, 4.69) is 20.8 Å². The molecule has 0 spiro atoms. The Balaban J connectivity index is -0.000000403. The first kappa shape index (κ1) is 22.5. The molecule has 1 aliphatic rings. The molecule has 0 heterocycles. The fourth-order valence-electron chi connectivity index (χ4n) is 2.38. The van der Waals surface area contributed by atoms with Crippen LogP contribution in [0.2, 0.25) is 0 Å². The topological polar surface area (TPSA) is 0 Å². The number of hydrogen-bond acceptors (Lipinski definition) is 0. The van der Waals surface area contributed by atoms with Gasteiger partial charge in [-0.25, -0.2) is 0 Å². The molecule has 0 nitrogen and oxygen atoms in total. The summed E-state index contributed by atoms with van der Waals surface area (Å²) in [5.41, 5.74) is 0. The Morgan fingerprint density at radius 3 is 1.71 bits per heavy atom. The van der Waals surface area contributed by atoms with E-state index in [0.717, 1.165) is 30.6 Å². The third-order valence-electron chi connectivity index (χ3n) is 3.00. The fraction of sp³-hybridized carbons (Fsp3) is 0.818. The third-order valence-corrected chi connectivity index (χ3v) is 3.00. The van der Waals surface area contributed by atoms with Gasteiger partial charge < -0.3 is 13.8 Å². The molecule has 0 aromatic rings. The van der Waals surface area contributed by atoms with Crippen molar-refractivity contribution in [3.63, 3.8) is 0 Å². The molecule has 2 unspecified atom stereocenters. The predicted octanol–water partition coefficient (Wildman–Crippen LogP) is 3.48. The normalized spacial score (nSPS) is 28.1. The van der Waals surface area contributed by atoms with Gasteiger partial charge in [-0.1, -0.05) is 32.1 Å². The van der Waals surface area contributed by atoms with Crippen molar-refractivity contribution in [2.24, 2.45) is 17.8 Å². The average Bonchev–Trinajstić information content (AvgIpc) is 2.65. The van der Waals surface area contributed by atoms with Crippen LogP contribution in [-0.4, -0.2) is 0 Å². The second-order valence-corrected chi connectivity index (χ2v) is 3.71. The van der Waals surface area contributed by atoms with Crippen LogP contribution in [-0.2, 0) is 98.1 Å². The average molecular weight is 419 g/mol. The molecule has 3 atom stereocenters. The van der Waals surface area contributed by atoms with Crippen molar-refractivity contribution >= 4 is 0 Å². The van der Waals surface area contributed by atoms with Crippen LogP contribution >= 0.6 is 0 Å². The Labute approximate surface area is 166 Å². The van der Waals surface area contributed by atoms with E-state index < -0.39 is 0 Å². The minimum atomic E-state index is 0. The maximum absolute atomic E-state index is 3.99. The molecule has 3 radical (unpaired) electrons. The van der Waals surface area contributed by atoms with Gasteiger partial charge in [0.2, 0.25) is 0 Å². The van der Waals surface area contributed by atoms with E-state index in [0.29, 0.717) is 0 Å². The number of rotatable bonds is 5. The molecule has 0 bridgehead atoms. The van der Waals surface area contributed by atoms with Gasteiger partial charge in [0, 0.05) is 98.1 Å². The molecule has 0 aromatic carbocycles. The van der Waals surface area contributed by atoms with Crippen molar-refractivity contribution in [3.8, 4) is 0 Å². The first-order valence-electron chi connectivity index (χ1n) is 4.93. The first-order chi connectivity index (χ1) is 5.35. The zero-order valence-electron chi connectivity index (χ0n) is 9.41. The fourth-order valence-corrected chi connectivity index (χ4v) is 2.38. The third kappa shape index (κ3) is 6.91. The molecular weight excluding hydrogens is 399 g/mol. The molecule has 1 saturated carbocycles. The molecule has 0 amide bonds. The van der Waals surface area contributed by atoms with Gasteiger partial charge in [0.1, 0.15) is 0 Å². The van der Waals surface area contributed by atoms with Crippen molar-refractivity contribution < 1.29 is 98.1 Å². The quantitative estimate of drug-likeness (QED) is 0.599. The summed E-state index contributed by atoms with van der Waals surface area (Å²) in [6.45, 7) is 10.2. The van der Waals surface area contributed by atoms with E-state index in [1.807, 2.05) is 0 Å². The predicted molar refractivity (Wildman–Crippen MR) is 49.9 cm³/mol. The Bertz CT molecular complexity index is 105. The van der Waals surface area contributed by atoms with Crippen molar-refractivity contribution in [1.82, 2.24) is 0 Å². The summed E-state index contributed by atoms with van der Waals surface area (Å²) in [6.07, 6.45) is 6.36. The van der Waals surface area contributed by atoms with Crippen LogP contribution in [0.15, 0.2) is 0 Å². The molecule has 0 N–H and O–H groups in total. The van der Waals surface area contributed by atoms with E-state index in [-0.39, 0.29) is 98.1 Å². The van der Waals surface area contributed by atoms with Crippen molar-refractivity contribution in [3.05, 3.63) is 13.8 Å². The zero-order valence-corrected chi connectivity index (χ0v) is 17.9. The van der Waals surface area contributed by atoms with Gasteiger partial charge in [0.25, 0.3) is 0 Å². The van der Waals surface area contributed by atoms with Crippen LogP contribution in [0.5, 0.6) is 0 Å². The van der Waals surface area contributed by atoms with Crippen LogP contribution in [0.3, 0.4) is 0 Å². The Hall–Kier alpha value is 3.31. The minimum Gasteiger partial charge on any atom is -0.343 e. The van der Waals surface area contributed by atoms with Crippen LogP contribution in [0.1, 0.15) is 39.0 Å². The van der Waals surface area contributed by atoms with Gasteiger partial charge in [-0.05, 0) is 11.8 Å². The SMILES string of the molecule is [CH2-]CCC1C(C[CH2-])[C@H]1CCC.[Y].[Y].[Y]. The van der Waals surface area contributed by atoms with E-state index in [4.69, 9.17) is 0 Å². The van der Waals surface area contributed by atoms with Gasteiger partial charge in [-0.15, -0.1) is 0 Å². The summed E-state index contributed by atoms with van der Waals surface area (Å²) in [6, 6.07) is 0. The van der Waals surface area contributed by atoms with Crippen LogP contribution in [0, 0.1) is 31.6 Å². The second-order valence-electron chi connectivity index (χ2n) is 3.71. The summed E-state index contributed by atoms with van der Waals surface area (Å²) in [5, 5.41) is 0. The standard InChI is InChI=1S/C11H20.3Y/c1-4-7-10-9(6-3)11(10)8-5-2;;;/h9-11H,1,3-8H2,2H3;;;/q-2;;;/t9?,10?,11-;;;/m1.../s1. The van der Waals surface area contributed by atoms with Crippen molar-refractivity contribution in [2.45, 2.75) is 39.0 Å².